The maximum Gasteiger partial charge on any atom is 0.253 e. The average molecular weight is 512 g/mol. The van der Waals surface area contributed by atoms with Crippen molar-refractivity contribution in [3.63, 3.8) is 0 Å². The molecule has 0 spiro atoms. The van der Waals surface area contributed by atoms with Gasteiger partial charge in [-0.2, -0.15) is 0 Å². The van der Waals surface area contributed by atoms with Gasteiger partial charge in [0.1, 0.15) is 11.8 Å². The number of rotatable bonds is 10. The predicted molar refractivity (Wildman–Crippen MR) is 135 cm³/mol. The fraction of sp³-hybridized carbons (Fsp3) is 0.444. The Morgan fingerprint density at radius 1 is 1.00 bits per heavy atom. The van der Waals surface area contributed by atoms with E-state index in [-0.39, 0.29) is 30.4 Å². The summed E-state index contributed by atoms with van der Waals surface area (Å²) >= 11 is 0. The molecule has 0 bridgehead atoms. The van der Waals surface area contributed by atoms with E-state index in [9.17, 15) is 14.4 Å². The van der Waals surface area contributed by atoms with Gasteiger partial charge in [-0.05, 0) is 67.6 Å². The number of hydrogen-bond donors (Lipinski definition) is 2. The summed E-state index contributed by atoms with van der Waals surface area (Å²) in [4.78, 5) is 41.0. The standard InChI is InChI=1S/C27H33N3O7/c1-34-15-3-12-28-26(32)24(29-25(31)19-4-7-21(35-2)8-5-19)18-10-13-30(14-11-18)27(33)20-6-9-22-23(16-20)37-17-36-22/h4-9,16,18,24H,3,10-15,17H2,1-2H3,(H,28,32)(H,29,31). The van der Waals surface area contributed by atoms with Crippen molar-refractivity contribution in [2.24, 2.45) is 5.92 Å². The molecule has 10 nitrogen and oxygen atoms in total. The molecule has 2 aromatic carbocycles. The number of carbonyl (C=O) groups excluding carboxylic acids is 3. The van der Waals surface area contributed by atoms with Gasteiger partial charge >= 0.3 is 0 Å². The van der Waals surface area contributed by atoms with Crippen LogP contribution in [0.25, 0.3) is 0 Å². The lowest BCUT2D eigenvalue weighted by atomic mass is 9.88. The number of nitrogens with zero attached hydrogens (tertiary/aromatic N) is 1. The number of methoxy groups -OCH3 is 2. The first kappa shape index (κ1) is 26.3. The van der Waals surface area contributed by atoms with Gasteiger partial charge in [0.15, 0.2) is 11.5 Å². The van der Waals surface area contributed by atoms with Crippen LogP contribution < -0.4 is 24.8 Å². The van der Waals surface area contributed by atoms with Gasteiger partial charge in [-0.15, -0.1) is 0 Å². The number of carbonyl (C=O) groups is 3. The minimum atomic E-state index is -0.722. The van der Waals surface area contributed by atoms with Crippen molar-refractivity contribution in [3.05, 3.63) is 53.6 Å². The van der Waals surface area contributed by atoms with Gasteiger partial charge in [0, 0.05) is 44.5 Å². The lowest BCUT2D eigenvalue weighted by Gasteiger charge is -2.36. The van der Waals surface area contributed by atoms with Crippen LogP contribution >= 0.6 is 0 Å². The minimum Gasteiger partial charge on any atom is -0.497 e. The molecule has 10 heteroatoms. The van der Waals surface area contributed by atoms with Crippen molar-refractivity contribution < 1.29 is 33.3 Å². The Bertz CT molecular complexity index is 1100. The highest BCUT2D eigenvalue weighted by Crippen LogP contribution is 2.33. The lowest BCUT2D eigenvalue weighted by molar-refractivity contribution is -0.124. The topological polar surface area (TPSA) is 115 Å². The number of benzene rings is 2. The molecule has 4 rings (SSSR count). The predicted octanol–water partition coefficient (Wildman–Crippen LogP) is 2.23. The van der Waals surface area contributed by atoms with Crippen LogP contribution in [0.15, 0.2) is 42.5 Å². The first-order valence-corrected chi connectivity index (χ1v) is 12.4. The van der Waals surface area contributed by atoms with E-state index in [1.165, 1.54) is 0 Å². The Morgan fingerprint density at radius 3 is 2.41 bits per heavy atom. The monoisotopic (exact) mass is 511 g/mol. The Labute approximate surface area is 216 Å². The molecular weight excluding hydrogens is 478 g/mol. The van der Waals surface area contributed by atoms with Gasteiger partial charge in [0.2, 0.25) is 12.7 Å². The molecule has 198 valence electrons. The first-order chi connectivity index (χ1) is 18.0. The largest absolute Gasteiger partial charge is 0.497 e. The first-order valence-electron chi connectivity index (χ1n) is 12.4. The van der Waals surface area contributed by atoms with E-state index >= 15 is 0 Å². The smallest absolute Gasteiger partial charge is 0.253 e. The van der Waals surface area contributed by atoms with Crippen LogP contribution in [0.5, 0.6) is 17.2 Å². The van der Waals surface area contributed by atoms with Crippen LogP contribution in [0.1, 0.15) is 40.0 Å². The van der Waals surface area contributed by atoms with Crippen LogP contribution in [0.4, 0.5) is 0 Å². The van der Waals surface area contributed by atoms with Gasteiger partial charge in [0.05, 0.1) is 7.11 Å². The summed E-state index contributed by atoms with van der Waals surface area (Å²) in [7, 11) is 3.17. The van der Waals surface area contributed by atoms with Crippen LogP contribution in [-0.2, 0) is 9.53 Å². The quantitative estimate of drug-likeness (QED) is 0.470. The van der Waals surface area contributed by atoms with Crippen molar-refractivity contribution >= 4 is 17.7 Å². The number of piperidine rings is 1. The van der Waals surface area contributed by atoms with E-state index in [2.05, 4.69) is 10.6 Å². The normalized spacial score (nSPS) is 15.7. The molecule has 0 aliphatic carbocycles. The molecule has 0 saturated carbocycles. The number of likely N-dealkylation sites (tertiary alicyclic amines) is 1. The summed E-state index contributed by atoms with van der Waals surface area (Å²) in [6.45, 7) is 2.08. The molecule has 37 heavy (non-hydrogen) atoms. The van der Waals surface area contributed by atoms with E-state index < -0.39 is 6.04 Å². The summed E-state index contributed by atoms with van der Waals surface area (Å²) in [6, 6.07) is 11.2. The Hall–Kier alpha value is -3.79. The molecule has 0 aromatic heterocycles. The van der Waals surface area contributed by atoms with Crippen LogP contribution in [0.2, 0.25) is 0 Å². The highest BCUT2D eigenvalue weighted by atomic mass is 16.7. The molecule has 2 aromatic rings. The maximum atomic E-state index is 13.1. The molecular formula is C27H33N3O7. The molecule has 1 fully saturated rings. The number of hydrogen-bond acceptors (Lipinski definition) is 7. The van der Waals surface area contributed by atoms with Crippen molar-refractivity contribution in [2.45, 2.75) is 25.3 Å². The zero-order chi connectivity index (χ0) is 26.2. The highest BCUT2D eigenvalue weighted by Gasteiger charge is 2.34. The summed E-state index contributed by atoms with van der Waals surface area (Å²) in [6.07, 6.45) is 1.83. The van der Waals surface area contributed by atoms with Gasteiger partial charge in [-0.1, -0.05) is 0 Å². The van der Waals surface area contributed by atoms with Gasteiger partial charge in [-0.3, -0.25) is 14.4 Å². The number of ether oxygens (including phenoxy) is 4. The summed E-state index contributed by atoms with van der Waals surface area (Å²) in [5, 5.41) is 5.84. The fourth-order valence-corrected chi connectivity index (χ4v) is 4.55. The third-order valence-electron chi connectivity index (χ3n) is 6.66. The number of amides is 3. The van der Waals surface area contributed by atoms with Crippen molar-refractivity contribution in [2.75, 3.05) is 47.3 Å². The van der Waals surface area contributed by atoms with E-state index in [1.54, 1.807) is 61.6 Å². The Balaban J connectivity index is 1.40. The summed E-state index contributed by atoms with van der Waals surface area (Å²) < 4.78 is 20.9. The van der Waals surface area contributed by atoms with Crippen LogP contribution in [0, 0.1) is 5.92 Å². The zero-order valence-corrected chi connectivity index (χ0v) is 21.2. The molecule has 1 unspecified atom stereocenters. The SMILES string of the molecule is COCCCNC(=O)C(NC(=O)c1ccc(OC)cc1)C1CCN(C(=O)c2ccc3c(c2)OCO3)CC1. The molecule has 0 radical (unpaired) electrons. The molecule has 2 aliphatic rings. The molecule has 2 aliphatic heterocycles. The average Bonchev–Trinajstić information content (AvgIpc) is 3.41. The van der Waals surface area contributed by atoms with Crippen molar-refractivity contribution in [3.8, 4) is 17.2 Å². The Kier molecular flexibility index (Phi) is 8.84. The fourth-order valence-electron chi connectivity index (χ4n) is 4.55. The summed E-state index contributed by atoms with van der Waals surface area (Å²) in [5.41, 5.74) is 0.969. The van der Waals surface area contributed by atoms with Crippen molar-refractivity contribution in [1.29, 1.82) is 0 Å². The third kappa shape index (κ3) is 6.51. The molecule has 3 amide bonds. The number of fused-ring (bicyclic) bond motifs is 1. The van der Waals surface area contributed by atoms with E-state index in [4.69, 9.17) is 18.9 Å². The minimum absolute atomic E-state index is 0.0976. The van der Waals surface area contributed by atoms with E-state index in [0.717, 1.165) is 0 Å². The highest BCUT2D eigenvalue weighted by molar-refractivity contribution is 5.98. The maximum absolute atomic E-state index is 13.1. The van der Waals surface area contributed by atoms with Gasteiger partial charge in [0.25, 0.3) is 11.8 Å². The zero-order valence-electron chi connectivity index (χ0n) is 21.2. The van der Waals surface area contributed by atoms with Crippen LogP contribution in [-0.4, -0.2) is 75.9 Å². The molecule has 1 atom stereocenters. The Morgan fingerprint density at radius 2 is 1.70 bits per heavy atom. The number of nitrogens with one attached hydrogen (secondary N) is 2. The van der Waals surface area contributed by atoms with Crippen molar-refractivity contribution in [1.82, 2.24) is 15.5 Å². The lowest BCUT2D eigenvalue weighted by Crippen LogP contribution is -2.54. The second-order valence-electron chi connectivity index (χ2n) is 9.01. The molecule has 2 heterocycles. The third-order valence-corrected chi connectivity index (χ3v) is 6.66. The molecule has 2 N–H and O–H groups in total. The molecule has 1 saturated heterocycles. The van der Waals surface area contributed by atoms with Gasteiger partial charge < -0.3 is 34.5 Å². The second kappa shape index (κ2) is 12.4. The second-order valence-corrected chi connectivity index (χ2v) is 9.01. The van der Waals surface area contributed by atoms with Crippen LogP contribution in [0.3, 0.4) is 0 Å². The van der Waals surface area contributed by atoms with E-state index in [0.29, 0.717) is 73.9 Å². The summed E-state index contributed by atoms with van der Waals surface area (Å²) in [5.74, 6) is 1.04. The van der Waals surface area contributed by atoms with E-state index in [1.807, 2.05) is 0 Å². The van der Waals surface area contributed by atoms with Gasteiger partial charge in [-0.25, -0.2) is 0 Å².